The zero-order chi connectivity index (χ0) is 14.5. The van der Waals surface area contributed by atoms with Crippen LogP contribution in [0.1, 0.15) is 19.8 Å². The third-order valence-electron chi connectivity index (χ3n) is 3.46. The lowest BCUT2D eigenvalue weighted by Crippen LogP contribution is -2.31. The highest BCUT2D eigenvalue weighted by atomic mass is 19.1. The van der Waals surface area contributed by atoms with Gasteiger partial charge < -0.3 is 11.1 Å². The van der Waals surface area contributed by atoms with E-state index in [2.05, 4.69) is 23.2 Å². The molecule has 0 radical (unpaired) electrons. The molecule has 1 aliphatic rings. The number of halogens is 1. The summed E-state index contributed by atoms with van der Waals surface area (Å²) in [6.45, 7) is 4.74. The van der Waals surface area contributed by atoms with Gasteiger partial charge in [-0.05, 0) is 31.5 Å². The molecule has 5 heteroatoms. The molecule has 4 nitrogen and oxygen atoms in total. The van der Waals surface area contributed by atoms with Crippen molar-refractivity contribution in [3.63, 3.8) is 0 Å². The Balaban J connectivity index is 1.81. The number of nitrogens with zero attached hydrogens (tertiary/aromatic N) is 1. The predicted octanol–water partition coefficient (Wildman–Crippen LogP) is 2.39. The highest BCUT2D eigenvalue weighted by molar-refractivity contribution is 5.93. The summed E-state index contributed by atoms with van der Waals surface area (Å²) >= 11 is 0. The third-order valence-corrected chi connectivity index (χ3v) is 3.46. The lowest BCUT2D eigenvalue weighted by molar-refractivity contribution is -0.116. The number of benzene rings is 1. The summed E-state index contributed by atoms with van der Waals surface area (Å²) in [6, 6.07) is 3.97. The van der Waals surface area contributed by atoms with Gasteiger partial charge in [0.1, 0.15) is 5.82 Å². The maximum absolute atomic E-state index is 12.9. The van der Waals surface area contributed by atoms with Gasteiger partial charge in [0.25, 0.3) is 0 Å². The second kappa shape index (κ2) is 6.52. The van der Waals surface area contributed by atoms with Crippen molar-refractivity contribution in [3.8, 4) is 0 Å². The molecular weight excluding hydrogens is 257 g/mol. The van der Waals surface area contributed by atoms with E-state index in [0.717, 1.165) is 26.1 Å². The van der Waals surface area contributed by atoms with Gasteiger partial charge in [-0.2, -0.15) is 0 Å². The van der Waals surface area contributed by atoms with E-state index in [9.17, 15) is 9.18 Å². The molecule has 1 amide bonds. The van der Waals surface area contributed by atoms with Crippen molar-refractivity contribution in [2.45, 2.75) is 19.8 Å². The number of hydrogen-bond donors (Lipinski definition) is 2. The van der Waals surface area contributed by atoms with Crippen molar-refractivity contribution in [1.82, 2.24) is 4.90 Å². The van der Waals surface area contributed by atoms with Crippen molar-refractivity contribution >= 4 is 17.3 Å². The van der Waals surface area contributed by atoms with Gasteiger partial charge in [0.05, 0.1) is 11.4 Å². The average molecular weight is 277 g/mol. The van der Waals surface area contributed by atoms with Gasteiger partial charge in [0, 0.05) is 26.1 Å². The van der Waals surface area contributed by atoms with Gasteiger partial charge in [-0.3, -0.25) is 9.69 Å². The molecule has 1 aliphatic heterocycles. The van der Waals surface area contributed by atoms with E-state index in [1.807, 2.05) is 0 Å². The lowest BCUT2D eigenvalue weighted by atomic mass is 10.1. The van der Waals surface area contributed by atoms with Crippen molar-refractivity contribution in [3.05, 3.63) is 35.7 Å². The molecule has 1 aromatic rings. The molecule has 2 rings (SSSR count). The van der Waals surface area contributed by atoms with Crippen LogP contribution in [0, 0.1) is 5.82 Å². The first-order valence-corrected chi connectivity index (χ1v) is 6.77. The van der Waals surface area contributed by atoms with Crippen LogP contribution < -0.4 is 11.1 Å². The van der Waals surface area contributed by atoms with E-state index in [1.54, 1.807) is 0 Å². The number of nitrogen functional groups attached to an aromatic ring is 1. The Bertz CT molecular complexity index is 528. The lowest BCUT2D eigenvalue weighted by Gasteiger charge is -2.24. The zero-order valence-electron chi connectivity index (χ0n) is 11.7. The van der Waals surface area contributed by atoms with E-state index in [1.165, 1.54) is 23.8 Å². The smallest absolute Gasteiger partial charge is 0.225 e. The van der Waals surface area contributed by atoms with Crippen LogP contribution in [0.5, 0.6) is 0 Å². The fourth-order valence-corrected chi connectivity index (χ4v) is 2.14. The van der Waals surface area contributed by atoms with Crippen LogP contribution in [0.25, 0.3) is 0 Å². The second-order valence-corrected chi connectivity index (χ2v) is 5.13. The summed E-state index contributed by atoms with van der Waals surface area (Å²) in [4.78, 5) is 14.1. The number of anilines is 2. The van der Waals surface area contributed by atoms with Crippen LogP contribution in [-0.2, 0) is 4.79 Å². The number of carbonyl (C=O) groups excluding carboxylic acids is 1. The van der Waals surface area contributed by atoms with Crippen molar-refractivity contribution < 1.29 is 9.18 Å². The molecule has 0 saturated heterocycles. The van der Waals surface area contributed by atoms with Gasteiger partial charge >= 0.3 is 0 Å². The van der Waals surface area contributed by atoms with E-state index in [0.29, 0.717) is 12.1 Å². The number of hydrogen-bond acceptors (Lipinski definition) is 3. The number of nitrogens with one attached hydrogen (secondary N) is 1. The second-order valence-electron chi connectivity index (χ2n) is 5.13. The predicted molar refractivity (Wildman–Crippen MR) is 78.9 cm³/mol. The summed E-state index contributed by atoms with van der Waals surface area (Å²) in [5, 5.41) is 2.71. The van der Waals surface area contributed by atoms with Crippen LogP contribution >= 0.6 is 0 Å². The molecule has 0 bridgehead atoms. The molecule has 108 valence electrons. The van der Waals surface area contributed by atoms with Crippen LogP contribution in [0.2, 0.25) is 0 Å². The quantitative estimate of drug-likeness (QED) is 0.656. The summed E-state index contributed by atoms with van der Waals surface area (Å²) < 4.78 is 12.9. The molecule has 0 saturated carbocycles. The normalized spacial score (nSPS) is 15.8. The minimum Gasteiger partial charge on any atom is -0.397 e. The minimum absolute atomic E-state index is 0.102. The topological polar surface area (TPSA) is 58.4 Å². The Morgan fingerprint density at radius 1 is 1.50 bits per heavy atom. The summed E-state index contributed by atoms with van der Waals surface area (Å²) in [5.41, 5.74) is 7.77. The van der Waals surface area contributed by atoms with Crippen molar-refractivity contribution in [2.75, 3.05) is 30.7 Å². The Labute approximate surface area is 118 Å². The van der Waals surface area contributed by atoms with E-state index >= 15 is 0 Å². The van der Waals surface area contributed by atoms with Gasteiger partial charge in [-0.15, -0.1) is 0 Å². The molecule has 0 aromatic heterocycles. The molecule has 0 atom stereocenters. The third kappa shape index (κ3) is 4.06. The minimum atomic E-state index is -0.407. The van der Waals surface area contributed by atoms with Crippen LogP contribution in [0.3, 0.4) is 0 Å². The van der Waals surface area contributed by atoms with Gasteiger partial charge in [-0.25, -0.2) is 4.39 Å². The monoisotopic (exact) mass is 277 g/mol. The first-order valence-electron chi connectivity index (χ1n) is 6.77. The first kappa shape index (κ1) is 14.5. The molecule has 0 unspecified atom stereocenters. The fraction of sp³-hybridized carbons (Fsp3) is 0.400. The molecule has 1 heterocycles. The van der Waals surface area contributed by atoms with Gasteiger partial charge in [0.15, 0.2) is 0 Å². The average Bonchev–Trinajstić information content (AvgIpc) is 2.41. The summed E-state index contributed by atoms with van der Waals surface area (Å²) in [7, 11) is 0. The number of rotatable bonds is 4. The Hall–Kier alpha value is -1.88. The Kier molecular flexibility index (Phi) is 4.74. The maximum atomic E-state index is 12.9. The summed E-state index contributed by atoms with van der Waals surface area (Å²) in [6.07, 6.45) is 3.66. The van der Waals surface area contributed by atoms with Crippen molar-refractivity contribution in [2.24, 2.45) is 0 Å². The molecule has 0 aliphatic carbocycles. The molecular formula is C15H20FN3O. The van der Waals surface area contributed by atoms with Gasteiger partial charge in [0.2, 0.25) is 5.91 Å². The maximum Gasteiger partial charge on any atom is 0.225 e. The molecule has 1 aromatic carbocycles. The molecule has 3 N–H and O–H groups in total. The Morgan fingerprint density at radius 2 is 2.30 bits per heavy atom. The van der Waals surface area contributed by atoms with Crippen LogP contribution in [0.4, 0.5) is 15.8 Å². The van der Waals surface area contributed by atoms with E-state index in [4.69, 9.17) is 5.73 Å². The zero-order valence-corrected chi connectivity index (χ0v) is 11.7. The SMILES string of the molecule is CC1=CCN(CCC(=O)Nc2ccc(F)cc2N)CC1. The molecule has 20 heavy (non-hydrogen) atoms. The number of carbonyl (C=O) groups is 1. The fourth-order valence-electron chi connectivity index (χ4n) is 2.14. The number of amides is 1. The van der Waals surface area contributed by atoms with Gasteiger partial charge in [-0.1, -0.05) is 11.6 Å². The molecule has 0 fully saturated rings. The number of nitrogens with two attached hydrogens (primary N) is 1. The molecule has 0 spiro atoms. The summed E-state index contributed by atoms with van der Waals surface area (Å²) in [5.74, 6) is -0.509. The van der Waals surface area contributed by atoms with E-state index < -0.39 is 5.82 Å². The highest BCUT2D eigenvalue weighted by Gasteiger charge is 2.12. The standard InChI is InChI=1S/C15H20FN3O/c1-11-4-7-19(8-5-11)9-6-15(20)18-14-3-2-12(16)10-13(14)17/h2-4,10H,5-9,17H2,1H3,(H,18,20). The first-order chi connectivity index (χ1) is 9.54. The van der Waals surface area contributed by atoms with Crippen LogP contribution in [-0.4, -0.2) is 30.4 Å². The van der Waals surface area contributed by atoms with E-state index in [-0.39, 0.29) is 11.6 Å². The van der Waals surface area contributed by atoms with Crippen LogP contribution in [0.15, 0.2) is 29.8 Å². The highest BCUT2D eigenvalue weighted by Crippen LogP contribution is 2.19. The Morgan fingerprint density at radius 3 is 2.95 bits per heavy atom. The van der Waals surface area contributed by atoms with Crippen molar-refractivity contribution in [1.29, 1.82) is 0 Å². The largest absolute Gasteiger partial charge is 0.397 e.